The Labute approximate surface area is 298 Å². The SMILES string of the molecule is CCC(O)C(C)C1OC1CC(C)(O)/C=C/C=C(\C)C1OC(=O)CC(O)CCC(C)(O)C(OC(=O)N2CCC(N3CCOCC3)CC2)/C=C\C1C. The number of morpholine rings is 1. The van der Waals surface area contributed by atoms with E-state index in [1.54, 1.807) is 49.1 Å². The van der Waals surface area contributed by atoms with E-state index in [-0.39, 0.29) is 43.3 Å². The van der Waals surface area contributed by atoms with Crippen molar-refractivity contribution in [3.05, 3.63) is 36.0 Å². The van der Waals surface area contributed by atoms with Crippen LogP contribution in [0.5, 0.6) is 0 Å². The van der Waals surface area contributed by atoms with Crippen molar-refractivity contribution in [1.82, 2.24) is 9.80 Å². The lowest BCUT2D eigenvalue weighted by Crippen LogP contribution is -2.51. The number of ether oxygens (including phenoxy) is 4. The second-order valence-corrected chi connectivity index (χ2v) is 15.4. The van der Waals surface area contributed by atoms with Crippen LogP contribution in [0, 0.1) is 11.8 Å². The van der Waals surface area contributed by atoms with Gasteiger partial charge in [-0.15, -0.1) is 0 Å². The summed E-state index contributed by atoms with van der Waals surface area (Å²) in [4.78, 5) is 30.4. The van der Waals surface area contributed by atoms with Crippen LogP contribution in [0.15, 0.2) is 36.0 Å². The van der Waals surface area contributed by atoms with Gasteiger partial charge >= 0.3 is 12.1 Å². The predicted octanol–water partition coefficient (Wildman–Crippen LogP) is 3.51. The molecule has 3 fully saturated rings. The van der Waals surface area contributed by atoms with E-state index >= 15 is 0 Å². The molecule has 12 nitrogen and oxygen atoms in total. The summed E-state index contributed by atoms with van der Waals surface area (Å²) < 4.78 is 23.1. The average Bonchev–Trinajstić information content (AvgIpc) is 3.84. The average molecular weight is 707 g/mol. The Morgan fingerprint density at radius 1 is 1.18 bits per heavy atom. The summed E-state index contributed by atoms with van der Waals surface area (Å²) in [5.74, 6) is -0.954. The summed E-state index contributed by atoms with van der Waals surface area (Å²) in [6, 6.07) is 0.403. The Bertz CT molecular complexity index is 1200. The number of likely N-dealkylation sites (tertiary alicyclic amines) is 1. The highest BCUT2D eigenvalue weighted by molar-refractivity contribution is 5.70. The molecule has 12 heteroatoms. The molecule has 0 spiro atoms. The molecule has 0 saturated carbocycles. The van der Waals surface area contributed by atoms with Crippen LogP contribution in [-0.4, -0.2) is 136 Å². The van der Waals surface area contributed by atoms with Crippen LogP contribution in [0.3, 0.4) is 0 Å². The van der Waals surface area contributed by atoms with Gasteiger partial charge in [-0.3, -0.25) is 9.69 Å². The smallest absolute Gasteiger partial charge is 0.410 e. The molecule has 50 heavy (non-hydrogen) atoms. The monoisotopic (exact) mass is 706 g/mol. The maximum Gasteiger partial charge on any atom is 0.410 e. The zero-order valence-corrected chi connectivity index (χ0v) is 30.9. The first-order chi connectivity index (χ1) is 23.6. The van der Waals surface area contributed by atoms with Crippen molar-refractivity contribution in [2.45, 2.75) is 140 Å². The summed E-state index contributed by atoms with van der Waals surface area (Å²) in [5, 5.41) is 43.4. The van der Waals surface area contributed by atoms with Gasteiger partial charge in [0, 0.05) is 50.5 Å². The van der Waals surface area contributed by atoms with E-state index in [1.807, 2.05) is 27.7 Å². The van der Waals surface area contributed by atoms with E-state index in [4.69, 9.17) is 18.9 Å². The van der Waals surface area contributed by atoms with Gasteiger partial charge in [0.25, 0.3) is 0 Å². The highest BCUT2D eigenvalue weighted by Crippen LogP contribution is 2.37. The minimum absolute atomic E-state index is 0.0133. The van der Waals surface area contributed by atoms with Gasteiger partial charge in [0.05, 0.1) is 49.7 Å². The van der Waals surface area contributed by atoms with Crippen LogP contribution in [0.1, 0.15) is 86.5 Å². The molecule has 0 aromatic rings. The lowest BCUT2D eigenvalue weighted by Gasteiger charge is -2.40. The third-order valence-electron chi connectivity index (χ3n) is 10.9. The van der Waals surface area contributed by atoms with E-state index in [0.29, 0.717) is 37.5 Å². The largest absolute Gasteiger partial charge is 0.457 e. The fourth-order valence-electron chi connectivity index (χ4n) is 7.34. The molecule has 10 unspecified atom stereocenters. The molecule has 4 aliphatic rings. The third kappa shape index (κ3) is 11.6. The lowest BCUT2D eigenvalue weighted by molar-refractivity contribution is -0.151. The highest BCUT2D eigenvalue weighted by Gasteiger charge is 2.47. The predicted molar refractivity (Wildman–Crippen MR) is 188 cm³/mol. The Kier molecular flexibility index (Phi) is 14.5. The van der Waals surface area contributed by atoms with Crippen molar-refractivity contribution in [1.29, 1.82) is 0 Å². The van der Waals surface area contributed by atoms with E-state index < -0.39 is 47.7 Å². The summed E-state index contributed by atoms with van der Waals surface area (Å²) in [5.41, 5.74) is -1.95. The number of amides is 1. The summed E-state index contributed by atoms with van der Waals surface area (Å²) in [6.45, 7) is 15.3. The van der Waals surface area contributed by atoms with E-state index in [0.717, 1.165) is 39.1 Å². The number of cyclic esters (lactones) is 1. The van der Waals surface area contributed by atoms with Crippen molar-refractivity contribution in [3.63, 3.8) is 0 Å². The highest BCUT2D eigenvalue weighted by atomic mass is 16.6. The Balaban J connectivity index is 1.42. The molecular formula is C38H62N2O10. The standard InChI is InChI=1S/C38H62N2O10/c1-7-30(42)27(4)35-31(48-35)24-37(5,45)15-8-9-25(2)34-26(3)10-11-32(38(6,46)16-12-29(41)23-33(43)50-34)49-36(44)40-17-13-28(14-18-40)39-19-21-47-22-20-39/h8-11,15,26-32,34-35,41-42,45-46H,7,12-14,16-24H2,1-6H3/b11-10-,15-8+,25-9+. The molecule has 0 radical (unpaired) electrons. The number of carbonyl (C=O) groups is 2. The summed E-state index contributed by atoms with van der Waals surface area (Å²) in [6.07, 6.45) is 7.41. The number of aliphatic hydroxyl groups excluding tert-OH is 2. The van der Waals surface area contributed by atoms with Crippen molar-refractivity contribution >= 4 is 12.1 Å². The van der Waals surface area contributed by atoms with Crippen molar-refractivity contribution in [3.8, 4) is 0 Å². The van der Waals surface area contributed by atoms with Gasteiger partial charge in [0.1, 0.15) is 11.7 Å². The van der Waals surface area contributed by atoms with Crippen LogP contribution >= 0.6 is 0 Å². The molecule has 1 amide bonds. The van der Waals surface area contributed by atoms with Crippen molar-refractivity contribution in [2.75, 3.05) is 39.4 Å². The number of aliphatic hydroxyl groups is 4. The molecule has 0 aromatic carbocycles. The lowest BCUT2D eigenvalue weighted by atomic mass is 9.88. The van der Waals surface area contributed by atoms with Gasteiger partial charge in [-0.1, -0.05) is 45.1 Å². The minimum Gasteiger partial charge on any atom is -0.457 e. The number of allylic oxidation sites excluding steroid dienone is 2. The Morgan fingerprint density at radius 3 is 2.52 bits per heavy atom. The molecule has 0 bridgehead atoms. The normalized spacial score (nSPS) is 35.7. The van der Waals surface area contributed by atoms with Gasteiger partial charge in [0.15, 0.2) is 6.10 Å². The molecule has 284 valence electrons. The van der Waals surface area contributed by atoms with Crippen LogP contribution in [0.25, 0.3) is 0 Å². The zero-order chi connectivity index (χ0) is 36.6. The van der Waals surface area contributed by atoms with Crippen LogP contribution in [-0.2, 0) is 23.7 Å². The second kappa shape index (κ2) is 17.9. The molecule has 4 rings (SSSR count). The van der Waals surface area contributed by atoms with Gasteiger partial charge < -0.3 is 44.3 Å². The number of epoxide rings is 1. The van der Waals surface area contributed by atoms with Crippen molar-refractivity contribution < 1.29 is 49.0 Å². The molecule has 4 N–H and O–H groups in total. The van der Waals surface area contributed by atoms with E-state index in [9.17, 15) is 30.0 Å². The number of hydrogen-bond acceptors (Lipinski definition) is 11. The number of rotatable bonds is 10. The van der Waals surface area contributed by atoms with Crippen molar-refractivity contribution in [2.24, 2.45) is 11.8 Å². The Hall–Kier alpha value is -2.32. The van der Waals surface area contributed by atoms with E-state index in [2.05, 4.69) is 4.90 Å². The molecule has 0 aromatic heterocycles. The minimum atomic E-state index is -1.49. The molecule has 4 aliphatic heterocycles. The topological polar surface area (TPSA) is 162 Å². The first-order valence-electron chi connectivity index (χ1n) is 18.6. The summed E-state index contributed by atoms with van der Waals surface area (Å²) >= 11 is 0. The zero-order valence-electron chi connectivity index (χ0n) is 30.9. The fraction of sp³-hybridized carbons (Fsp3) is 0.789. The molecule has 4 heterocycles. The molecule has 0 aliphatic carbocycles. The molecule has 3 saturated heterocycles. The fourth-order valence-corrected chi connectivity index (χ4v) is 7.34. The molecule has 10 atom stereocenters. The number of carbonyl (C=O) groups excluding carboxylic acids is 2. The number of piperidine rings is 1. The first kappa shape index (κ1) is 40.5. The van der Waals surface area contributed by atoms with Crippen LogP contribution in [0.2, 0.25) is 0 Å². The van der Waals surface area contributed by atoms with Gasteiger partial charge in [-0.2, -0.15) is 0 Å². The first-order valence-corrected chi connectivity index (χ1v) is 18.6. The van der Waals surface area contributed by atoms with Crippen LogP contribution in [0.4, 0.5) is 4.79 Å². The number of esters is 1. The second-order valence-electron chi connectivity index (χ2n) is 15.4. The Morgan fingerprint density at radius 2 is 1.86 bits per heavy atom. The van der Waals surface area contributed by atoms with Gasteiger partial charge in [-0.25, -0.2) is 4.79 Å². The third-order valence-corrected chi connectivity index (χ3v) is 10.9. The van der Waals surface area contributed by atoms with Gasteiger partial charge in [-0.05, 0) is 64.5 Å². The number of hydrogen-bond donors (Lipinski definition) is 4. The quantitative estimate of drug-likeness (QED) is 0.114. The van der Waals surface area contributed by atoms with E-state index in [1.165, 1.54) is 0 Å². The van der Waals surface area contributed by atoms with Gasteiger partial charge in [0.2, 0.25) is 0 Å². The number of nitrogens with zero attached hydrogens (tertiary/aromatic N) is 2. The maximum absolute atomic E-state index is 13.4. The van der Waals surface area contributed by atoms with Crippen LogP contribution < -0.4 is 0 Å². The molecular weight excluding hydrogens is 644 g/mol. The summed E-state index contributed by atoms with van der Waals surface area (Å²) in [7, 11) is 0. The maximum atomic E-state index is 13.4.